The molecule has 0 spiro atoms. The summed E-state index contributed by atoms with van der Waals surface area (Å²) in [6.07, 6.45) is 10.3. The Hall–Kier alpha value is -1.35. The van der Waals surface area contributed by atoms with Crippen LogP contribution in [-0.2, 0) is 13.1 Å². The number of hydrogen-bond donors (Lipinski definition) is 0. The maximum Gasteiger partial charge on any atom is 0.0638 e. The van der Waals surface area contributed by atoms with E-state index in [0.29, 0.717) is 6.54 Å². The maximum absolute atomic E-state index is 5.37. The van der Waals surface area contributed by atoms with Gasteiger partial charge in [0.25, 0.3) is 0 Å². The molecule has 0 aromatic carbocycles. The van der Waals surface area contributed by atoms with Crippen LogP contribution in [0.25, 0.3) is 0 Å². The van der Waals surface area contributed by atoms with Gasteiger partial charge in [-0.15, -0.1) is 6.42 Å². The molecular formula is C18H29N5. The summed E-state index contributed by atoms with van der Waals surface area (Å²) in [5.74, 6) is 2.69. The molecular weight excluding hydrogens is 286 g/mol. The van der Waals surface area contributed by atoms with E-state index < -0.39 is 0 Å². The van der Waals surface area contributed by atoms with Gasteiger partial charge in [-0.2, -0.15) is 5.10 Å². The van der Waals surface area contributed by atoms with E-state index in [1.807, 2.05) is 0 Å². The van der Waals surface area contributed by atoms with Crippen LogP contribution < -0.4 is 0 Å². The van der Waals surface area contributed by atoms with Crippen LogP contribution in [0.5, 0.6) is 0 Å². The van der Waals surface area contributed by atoms with Crippen LogP contribution in [0.3, 0.4) is 0 Å². The van der Waals surface area contributed by atoms with E-state index in [1.54, 1.807) is 0 Å². The van der Waals surface area contributed by atoms with Gasteiger partial charge in [0.05, 0.1) is 18.8 Å². The van der Waals surface area contributed by atoms with Gasteiger partial charge < -0.3 is 0 Å². The normalized spacial score (nSPS) is 22.4. The number of nitrogens with zero attached hydrogens (tertiary/aromatic N) is 5. The van der Waals surface area contributed by atoms with Crippen LogP contribution in [0, 0.1) is 19.3 Å². The SMILES string of the molecule is C#CCN(C)Cc1cn(CCN2CCN3CCCC3C2)nc1C. The first-order chi connectivity index (χ1) is 11.2. The van der Waals surface area contributed by atoms with Gasteiger partial charge in [0.2, 0.25) is 0 Å². The van der Waals surface area contributed by atoms with Crippen molar-refractivity contribution < 1.29 is 0 Å². The topological polar surface area (TPSA) is 27.5 Å². The lowest BCUT2D eigenvalue weighted by atomic mass is 10.1. The molecule has 3 heterocycles. The van der Waals surface area contributed by atoms with Crippen molar-refractivity contribution in [2.45, 2.75) is 38.9 Å². The lowest BCUT2D eigenvalue weighted by Crippen LogP contribution is -2.50. The lowest BCUT2D eigenvalue weighted by Gasteiger charge is -2.37. The fraction of sp³-hybridized carbons (Fsp3) is 0.722. The van der Waals surface area contributed by atoms with E-state index in [1.165, 1.54) is 44.6 Å². The third kappa shape index (κ3) is 4.14. The van der Waals surface area contributed by atoms with Gasteiger partial charge in [0.15, 0.2) is 0 Å². The molecule has 0 aliphatic carbocycles. The van der Waals surface area contributed by atoms with Gasteiger partial charge >= 0.3 is 0 Å². The predicted molar refractivity (Wildman–Crippen MR) is 93.2 cm³/mol. The molecule has 0 saturated carbocycles. The number of piperazine rings is 1. The van der Waals surface area contributed by atoms with Crippen molar-refractivity contribution in [2.75, 3.05) is 46.3 Å². The van der Waals surface area contributed by atoms with Gasteiger partial charge in [0.1, 0.15) is 0 Å². The number of fused-ring (bicyclic) bond motifs is 1. The van der Waals surface area contributed by atoms with Crippen molar-refractivity contribution in [1.82, 2.24) is 24.5 Å². The van der Waals surface area contributed by atoms with Crippen LogP contribution in [0.1, 0.15) is 24.1 Å². The molecule has 5 nitrogen and oxygen atoms in total. The van der Waals surface area contributed by atoms with Crippen molar-refractivity contribution in [1.29, 1.82) is 0 Å². The van der Waals surface area contributed by atoms with Crippen molar-refractivity contribution in [3.05, 3.63) is 17.5 Å². The van der Waals surface area contributed by atoms with Gasteiger partial charge in [-0.3, -0.25) is 19.4 Å². The first-order valence-corrected chi connectivity index (χ1v) is 8.77. The van der Waals surface area contributed by atoms with Gasteiger partial charge in [0, 0.05) is 50.5 Å². The minimum absolute atomic E-state index is 0.677. The molecule has 3 rings (SSSR count). The standard InChI is InChI=1S/C18H29N5/c1-4-7-20(3)13-17-14-23(19-16(17)2)12-10-21-9-11-22-8-5-6-18(22)15-21/h1,14,18H,5-13,15H2,2-3H3. The summed E-state index contributed by atoms with van der Waals surface area (Å²) in [6, 6.07) is 0.802. The van der Waals surface area contributed by atoms with Crippen molar-refractivity contribution in [2.24, 2.45) is 0 Å². The molecule has 1 unspecified atom stereocenters. The predicted octanol–water partition coefficient (Wildman–Crippen LogP) is 1.04. The fourth-order valence-corrected chi connectivity index (χ4v) is 3.83. The highest BCUT2D eigenvalue weighted by Crippen LogP contribution is 2.21. The van der Waals surface area contributed by atoms with Crippen LogP contribution in [-0.4, -0.2) is 76.8 Å². The minimum Gasteiger partial charge on any atom is -0.299 e. The van der Waals surface area contributed by atoms with E-state index >= 15 is 0 Å². The lowest BCUT2D eigenvalue weighted by molar-refractivity contribution is 0.101. The Labute approximate surface area is 140 Å². The van der Waals surface area contributed by atoms with E-state index in [0.717, 1.165) is 31.4 Å². The highest BCUT2D eigenvalue weighted by atomic mass is 15.3. The first-order valence-electron chi connectivity index (χ1n) is 8.77. The Morgan fingerprint density at radius 2 is 2.22 bits per heavy atom. The van der Waals surface area contributed by atoms with E-state index in [4.69, 9.17) is 6.42 Å². The Kier molecular flexibility index (Phi) is 5.37. The molecule has 126 valence electrons. The highest BCUT2D eigenvalue weighted by molar-refractivity contribution is 5.15. The van der Waals surface area contributed by atoms with Gasteiger partial charge in [-0.1, -0.05) is 5.92 Å². The summed E-state index contributed by atoms with van der Waals surface area (Å²) in [5, 5.41) is 4.68. The van der Waals surface area contributed by atoms with Crippen LogP contribution in [0.4, 0.5) is 0 Å². The quantitative estimate of drug-likeness (QED) is 0.733. The molecule has 1 aromatic heterocycles. The Morgan fingerprint density at radius 1 is 1.35 bits per heavy atom. The van der Waals surface area contributed by atoms with Crippen molar-refractivity contribution in [3.8, 4) is 12.3 Å². The maximum atomic E-state index is 5.37. The molecule has 1 aromatic rings. The number of rotatable bonds is 6. The summed E-state index contributed by atoms with van der Waals surface area (Å²) < 4.78 is 2.11. The monoisotopic (exact) mass is 315 g/mol. The van der Waals surface area contributed by atoms with E-state index in [2.05, 4.69) is 50.6 Å². The summed E-state index contributed by atoms with van der Waals surface area (Å²) in [5.41, 5.74) is 2.40. The average molecular weight is 315 g/mol. The zero-order valence-electron chi connectivity index (χ0n) is 14.5. The largest absolute Gasteiger partial charge is 0.299 e. The molecule has 1 atom stereocenters. The smallest absolute Gasteiger partial charge is 0.0638 e. The van der Waals surface area contributed by atoms with E-state index in [9.17, 15) is 0 Å². The molecule has 2 aliphatic heterocycles. The zero-order chi connectivity index (χ0) is 16.2. The summed E-state index contributed by atoms with van der Waals surface area (Å²) in [4.78, 5) is 7.41. The second kappa shape index (κ2) is 7.48. The summed E-state index contributed by atoms with van der Waals surface area (Å²) in [7, 11) is 2.05. The van der Waals surface area contributed by atoms with Crippen LogP contribution in [0.2, 0.25) is 0 Å². The molecule has 0 amide bonds. The fourth-order valence-electron chi connectivity index (χ4n) is 3.83. The zero-order valence-corrected chi connectivity index (χ0v) is 14.5. The average Bonchev–Trinajstić information content (AvgIpc) is 3.12. The summed E-state index contributed by atoms with van der Waals surface area (Å²) >= 11 is 0. The molecule has 23 heavy (non-hydrogen) atoms. The summed E-state index contributed by atoms with van der Waals surface area (Å²) in [6.45, 7) is 10.7. The number of hydrogen-bond acceptors (Lipinski definition) is 4. The highest BCUT2D eigenvalue weighted by Gasteiger charge is 2.30. The second-order valence-electron chi connectivity index (χ2n) is 7.01. The van der Waals surface area contributed by atoms with Crippen molar-refractivity contribution >= 4 is 0 Å². The molecule has 0 N–H and O–H groups in total. The van der Waals surface area contributed by atoms with Crippen LogP contribution in [0.15, 0.2) is 6.20 Å². The molecule has 2 aliphatic rings. The van der Waals surface area contributed by atoms with Crippen molar-refractivity contribution in [3.63, 3.8) is 0 Å². The molecule has 2 fully saturated rings. The van der Waals surface area contributed by atoms with E-state index in [-0.39, 0.29) is 0 Å². The second-order valence-corrected chi connectivity index (χ2v) is 7.01. The number of terminal acetylenes is 1. The van der Waals surface area contributed by atoms with Gasteiger partial charge in [-0.05, 0) is 33.4 Å². The Balaban J connectivity index is 1.49. The molecule has 0 bridgehead atoms. The molecule has 0 radical (unpaired) electrons. The first kappa shape index (κ1) is 16.5. The Bertz CT molecular complexity index is 558. The van der Waals surface area contributed by atoms with Gasteiger partial charge in [-0.25, -0.2) is 0 Å². The number of aryl methyl sites for hydroxylation is 1. The van der Waals surface area contributed by atoms with Crippen LogP contribution >= 0.6 is 0 Å². The number of aromatic nitrogens is 2. The molecule has 2 saturated heterocycles. The Morgan fingerprint density at radius 3 is 3.04 bits per heavy atom. The minimum atomic E-state index is 0.677. The molecule has 5 heteroatoms. The third-order valence-electron chi connectivity index (χ3n) is 5.17. The third-order valence-corrected chi connectivity index (χ3v) is 5.17.